The van der Waals surface area contributed by atoms with E-state index in [2.05, 4.69) is 12.2 Å². The smallest absolute Gasteiger partial charge is 0.251 e. The first-order valence-corrected chi connectivity index (χ1v) is 6.56. The summed E-state index contributed by atoms with van der Waals surface area (Å²) >= 11 is 7.52. The lowest BCUT2D eigenvalue weighted by Gasteiger charge is -2.10. The molecule has 1 unspecified atom stereocenters. The molecular formula is C11H15ClN2OS. The molecule has 0 saturated heterocycles. The maximum atomic E-state index is 11.7. The Morgan fingerprint density at radius 3 is 2.81 bits per heavy atom. The minimum absolute atomic E-state index is 0.143. The van der Waals surface area contributed by atoms with Crippen molar-refractivity contribution in [1.29, 1.82) is 0 Å². The van der Waals surface area contributed by atoms with Gasteiger partial charge in [-0.2, -0.15) is 11.8 Å². The van der Waals surface area contributed by atoms with Crippen molar-refractivity contribution >= 4 is 35.0 Å². The zero-order valence-corrected chi connectivity index (χ0v) is 10.9. The number of nitrogen functional groups attached to an aromatic ring is 1. The van der Waals surface area contributed by atoms with Gasteiger partial charge in [0.15, 0.2) is 0 Å². The van der Waals surface area contributed by atoms with Crippen LogP contribution in [0.15, 0.2) is 18.2 Å². The molecule has 0 aliphatic carbocycles. The summed E-state index contributed by atoms with van der Waals surface area (Å²) in [4.78, 5) is 11.7. The molecule has 0 saturated carbocycles. The van der Waals surface area contributed by atoms with Crippen molar-refractivity contribution in [3.8, 4) is 0 Å². The van der Waals surface area contributed by atoms with Crippen LogP contribution in [0.4, 0.5) is 5.69 Å². The maximum absolute atomic E-state index is 11.7. The number of benzene rings is 1. The lowest BCUT2D eigenvalue weighted by Crippen LogP contribution is -2.29. The van der Waals surface area contributed by atoms with Crippen LogP contribution in [0, 0.1) is 0 Å². The molecule has 5 heteroatoms. The molecule has 16 heavy (non-hydrogen) atoms. The molecule has 1 aromatic rings. The van der Waals surface area contributed by atoms with Crippen LogP contribution in [0.25, 0.3) is 0 Å². The van der Waals surface area contributed by atoms with Gasteiger partial charge in [0, 0.05) is 28.1 Å². The minimum atomic E-state index is -0.143. The van der Waals surface area contributed by atoms with Crippen molar-refractivity contribution in [2.75, 3.05) is 18.5 Å². The molecule has 0 radical (unpaired) electrons. The van der Waals surface area contributed by atoms with Crippen molar-refractivity contribution in [3.05, 3.63) is 28.8 Å². The van der Waals surface area contributed by atoms with Crippen LogP contribution in [-0.2, 0) is 0 Å². The van der Waals surface area contributed by atoms with E-state index >= 15 is 0 Å². The van der Waals surface area contributed by atoms with E-state index in [0.717, 1.165) is 0 Å². The van der Waals surface area contributed by atoms with Crippen LogP contribution in [0.5, 0.6) is 0 Å². The van der Waals surface area contributed by atoms with Crippen molar-refractivity contribution in [2.45, 2.75) is 12.2 Å². The topological polar surface area (TPSA) is 55.1 Å². The highest BCUT2D eigenvalue weighted by Gasteiger charge is 2.08. The molecule has 0 bridgehead atoms. The molecule has 1 aromatic carbocycles. The average Bonchev–Trinajstić information content (AvgIpc) is 2.23. The summed E-state index contributed by atoms with van der Waals surface area (Å²) in [5.41, 5.74) is 6.61. The Morgan fingerprint density at radius 2 is 2.25 bits per heavy atom. The standard InChI is InChI=1S/C11H15ClN2OS/c1-7(16-2)6-14-11(15)8-3-9(12)5-10(13)4-8/h3-5,7H,6,13H2,1-2H3,(H,14,15). The lowest BCUT2D eigenvalue weighted by atomic mass is 10.2. The Morgan fingerprint density at radius 1 is 1.56 bits per heavy atom. The van der Waals surface area contributed by atoms with Gasteiger partial charge in [-0.25, -0.2) is 0 Å². The largest absolute Gasteiger partial charge is 0.399 e. The van der Waals surface area contributed by atoms with E-state index < -0.39 is 0 Å². The number of thioether (sulfide) groups is 1. The second kappa shape index (κ2) is 6.01. The van der Waals surface area contributed by atoms with Crippen molar-refractivity contribution in [3.63, 3.8) is 0 Å². The highest BCUT2D eigenvalue weighted by atomic mass is 35.5. The Kier molecular flexibility index (Phi) is 4.96. The molecule has 1 rings (SSSR count). The van der Waals surface area contributed by atoms with Crippen LogP contribution < -0.4 is 11.1 Å². The third-order valence-corrected chi connectivity index (χ3v) is 3.32. The second-order valence-corrected chi connectivity index (χ2v) is 5.24. The lowest BCUT2D eigenvalue weighted by molar-refractivity contribution is 0.0954. The van der Waals surface area contributed by atoms with E-state index in [1.807, 2.05) is 6.26 Å². The fourth-order valence-corrected chi connectivity index (χ4v) is 1.66. The summed E-state index contributed by atoms with van der Waals surface area (Å²) in [6, 6.07) is 4.84. The van der Waals surface area contributed by atoms with Crippen LogP contribution in [0.2, 0.25) is 5.02 Å². The molecule has 0 aromatic heterocycles. The molecule has 0 spiro atoms. The van der Waals surface area contributed by atoms with Crippen LogP contribution in [-0.4, -0.2) is 24.0 Å². The molecule has 3 nitrogen and oxygen atoms in total. The molecule has 1 atom stereocenters. The number of anilines is 1. The Balaban J connectivity index is 2.66. The van der Waals surface area contributed by atoms with E-state index in [4.69, 9.17) is 17.3 Å². The van der Waals surface area contributed by atoms with Gasteiger partial charge in [0.05, 0.1) is 0 Å². The summed E-state index contributed by atoms with van der Waals surface area (Å²) < 4.78 is 0. The quantitative estimate of drug-likeness (QED) is 0.816. The Hall–Kier alpha value is -0.870. The molecule has 0 aliphatic heterocycles. The number of hydrogen-bond acceptors (Lipinski definition) is 3. The average molecular weight is 259 g/mol. The third-order valence-electron chi connectivity index (χ3n) is 2.13. The summed E-state index contributed by atoms with van der Waals surface area (Å²) in [6.07, 6.45) is 2.01. The Labute approximate surface area is 105 Å². The predicted octanol–water partition coefficient (Wildman–Crippen LogP) is 2.40. The number of carbonyl (C=O) groups is 1. The van der Waals surface area contributed by atoms with Crippen molar-refractivity contribution in [1.82, 2.24) is 5.32 Å². The van der Waals surface area contributed by atoms with Crippen LogP contribution in [0.3, 0.4) is 0 Å². The fourth-order valence-electron chi connectivity index (χ4n) is 1.17. The fraction of sp³-hybridized carbons (Fsp3) is 0.364. The first kappa shape index (κ1) is 13.2. The Bertz CT molecular complexity index is 364. The van der Waals surface area contributed by atoms with Gasteiger partial charge in [0.1, 0.15) is 0 Å². The molecule has 0 aliphatic rings. The monoisotopic (exact) mass is 258 g/mol. The van der Waals surface area contributed by atoms with E-state index in [-0.39, 0.29) is 5.91 Å². The van der Waals surface area contributed by atoms with Crippen molar-refractivity contribution < 1.29 is 4.79 Å². The molecule has 0 fully saturated rings. The first-order chi connectivity index (χ1) is 7.52. The van der Waals surface area contributed by atoms with Crippen LogP contribution >= 0.6 is 23.4 Å². The van der Waals surface area contributed by atoms with Crippen molar-refractivity contribution in [2.24, 2.45) is 0 Å². The highest BCUT2D eigenvalue weighted by molar-refractivity contribution is 7.99. The van der Waals surface area contributed by atoms with E-state index in [1.165, 1.54) is 0 Å². The number of carbonyl (C=O) groups excluding carboxylic acids is 1. The molecule has 88 valence electrons. The van der Waals surface area contributed by atoms with Gasteiger partial charge in [-0.05, 0) is 24.5 Å². The number of nitrogens with two attached hydrogens (primary N) is 1. The number of nitrogens with one attached hydrogen (secondary N) is 1. The van der Waals surface area contributed by atoms with E-state index in [1.54, 1.807) is 30.0 Å². The van der Waals surface area contributed by atoms with Gasteiger partial charge in [0.25, 0.3) is 5.91 Å². The predicted molar refractivity (Wildman–Crippen MR) is 71.2 cm³/mol. The van der Waals surface area contributed by atoms with Gasteiger partial charge in [-0.3, -0.25) is 4.79 Å². The van der Waals surface area contributed by atoms with Gasteiger partial charge >= 0.3 is 0 Å². The molecule has 0 heterocycles. The third kappa shape index (κ3) is 3.94. The number of hydrogen-bond donors (Lipinski definition) is 2. The summed E-state index contributed by atoms with van der Waals surface area (Å²) in [5, 5.41) is 3.69. The first-order valence-electron chi connectivity index (χ1n) is 4.90. The van der Waals surface area contributed by atoms with Gasteiger partial charge in [0.2, 0.25) is 0 Å². The van der Waals surface area contributed by atoms with Gasteiger partial charge < -0.3 is 11.1 Å². The second-order valence-electron chi connectivity index (χ2n) is 3.53. The summed E-state index contributed by atoms with van der Waals surface area (Å²) in [6.45, 7) is 2.68. The normalized spacial score (nSPS) is 12.2. The maximum Gasteiger partial charge on any atom is 0.251 e. The SMILES string of the molecule is CSC(C)CNC(=O)c1cc(N)cc(Cl)c1. The van der Waals surface area contributed by atoms with E-state index in [9.17, 15) is 4.79 Å². The molecule has 1 amide bonds. The van der Waals surface area contributed by atoms with Crippen LogP contribution in [0.1, 0.15) is 17.3 Å². The zero-order chi connectivity index (χ0) is 12.1. The molecular weight excluding hydrogens is 244 g/mol. The summed E-state index contributed by atoms with van der Waals surface area (Å²) in [7, 11) is 0. The number of rotatable bonds is 4. The zero-order valence-electron chi connectivity index (χ0n) is 9.29. The van der Waals surface area contributed by atoms with E-state index in [0.29, 0.717) is 28.1 Å². The summed E-state index contributed by atoms with van der Waals surface area (Å²) in [5.74, 6) is -0.143. The number of amides is 1. The van der Waals surface area contributed by atoms with Gasteiger partial charge in [-0.1, -0.05) is 18.5 Å². The minimum Gasteiger partial charge on any atom is -0.399 e. The van der Waals surface area contributed by atoms with Gasteiger partial charge in [-0.15, -0.1) is 0 Å². The highest BCUT2D eigenvalue weighted by Crippen LogP contribution is 2.16. The number of halogens is 1. The molecule has 3 N–H and O–H groups in total.